The Morgan fingerprint density at radius 3 is 2.53 bits per heavy atom. The zero-order valence-corrected chi connectivity index (χ0v) is 12.8. The Hall–Kier alpha value is -0.930. The van der Waals surface area contributed by atoms with Gasteiger partial charge < -0.3 is 0 Å². The molecule has 1 saturated carbocycles. The van der Waals surface area contributed by atoms with Gasteiger partial charge in [0.25, 0.3) is 0 Å². The number of benzene rings is 1. The van der Waals surface area contributed by atoms with Crippen LogP contribution < -0.4 is 0 Å². The molecule has 0 aliphatic heterocycles. The standard InChI is InChI=1S/C15H14BrClN2/c16-13-14(11-7-8-11)18-12(19-15(13)17)9-6-10-4-2-1-3-5-10/h1-5,11H,6-9H2. The summed E-state index contributed by atoms with van der Waals surface area (Å²) in [6.45, 7) is 0. The molecule has 0 N–H and O–H groups in total. The molecule has 1 fully saturated rings. The summed E-state index contributed by atoms with van der Waals surface area (Å²) in [5.41, 5.74) is 2.39. The van der Waals surface area contributed by atoms with Gasteiger partial charge in [-0.1, -0.05) is 41.9 Å². The molecule has 0 saturated heterocycles. The summed E-state index contributed by atoms with van der Waals surface area (Å²) >= 11 is 9.67. The molecular weight excluding hydrogens is 324 g/mol. The largest absolute Gasteiger partial charge is 0.236 e. The number of aryl methyl sites for hydroxylation is 2. The Balaban J connectivity index is 1.77. The minimum absolute atomic E-state index is 0.542. The molecule has 2 nitrogen and oxygen atoms in total. The first-order valence-corrected chi connectivity index (χ1v) is 7.67. The molecule has 98 valence electrons. The van der Waals surface area contributed by atoms with E-state index in [0.717, 1.165) is 28.8 Å². The quantitative estimate of drug-likeness (QED) is 0.765. The van der Waals surface area contributed by atoms with Crippen LogP contribution in [0.1, 0.15) is 35.8 Å². The van der Waals surface area contributed by atoms with Crippen molar-refractivity contribution in [1.29, 1.82) is 0 Å². The van der Waals surface area contributed by atoms with Crippen molar-refractivity contribution in [3.63, 3.8) is 0 Å². The highest BCUT2D eigenvalue weighted by Crippen LogP contribution is 2.43. The van der Waals surface area contributed by atoms with Crippen LogP contribution in [-0.2, 0) is 12.8 Å². The van der Waals surface area contributed by atoms with Crippen LogP contribution in [0, 0.1) is 0 Å². The number of nitrogens with zero attached hydrogens (tertiary/aromatic N) is 2. The number of hydrogen-bond donors (Lipinski definition) is 0. The van der Waals surface area contributed by atoms with Gasteiger partial charge in [0, 0.05) is 12.3 Å². The van der Waals surface area contributed by atoms with E-state index in [0.29, 0.717) is 11.1 Å². The number of hydrogen-bond acceptors (Lipinski definition) is 2. The van der Waals surface area contributed by atoms with Crippen molar-refractivity contribution in [3.8, 4) is 0 Å². The van der Waals surface area contributed by atoms with Gasteiger partial charge in [-0.2, -0.15) is 0 Å². The SMILES string of the molecule is Clc1nc(CCc2ccccc2)nc(C2CC2)c1Br. The molecule has 0 unspecified atom stereocenters. The highest BCUT2D eigenvalue weighted by molar-refractivity contribution is 9.10. The molecular formula is C15H14BrClN2. The number of aromatic nitrogens is 2. The molecule has 1 heterocycles. The first-order chi connectivity index (χ1) is 9.24. The van der Waals surface area contributed by atoms with Crippen LogP contribution in [0.3, 0.4) is 0 Å². The van der Waals surface area contributed by atoms with Crippen LogP contribution >= 0.6 is 27.5 Å². The molecule has 3 rings (SSSR count). The van der Waals surface area contributed by atoms with E-state index in [2.05, 4.69) is 50.2 Å². The summed E-state index contributed by atoms with van der Waals surface area (Å²) in [6, 6.07) is 10.4. The molecule has 2 aromatic rings. The second-order valence-electron chi connectivity index (χ2n) is 4.89. The van der Waals surface area contributed by atoms with Crippen LogP contribution in [0.25, 0.3) is 0 Å². The van der Waals surface area contributed by atoms with Crippen LogP contribution in [0.4, 0.5) is 0 Å². The molecule has 0 radical (unpaired) electrons. The van der Waals surface area contributed by atoms with Crippen molar-refractivity contribution >= 4 is 27.5 Å². The van der Waals surface area contributed by atoms with E-state index < -0.39 is 0 Å². The lowest BCUT2D eigenvalue weighted by Crippen LogP contribution is -2.03. The maximum Gasteiger partial charge on any atom is 0.147 e. The van der Waals surface area contributed by atoms with Crippen LogP contribution in [0.15, 0.2) is 34.8 Å². The molecule has 1 aliphatic rings. The number of halogens is 2. The molecule has 4 heteroatoms. The number of rotatable bonds is 4. The third-order valence-electron chi connectivity index (χ3n) is 3.33. The van der Waals surface area contributed by atoms with E-state index in [1.54, 1.807) is 0 Å². The maximum atomic E-state index is 6.17. The summed E-state index contributed by atoms with van der Waals surface area (Å²) in [5, 5.41) is 0.542. The third-order valence-corrected chi connectivity index (χ3v) is 4.61. The highest BCUT2D eigenvalue weighted by atomic mass is 79.9. The van der Waals surface area contributed by atoms with Gasteiger partial charge >= 0.3 is 0 Å². The topological polar surface area (TPSA) is 25.8 Å². The molecule has 19 heavy (non-hydrogen) atoms. The van der Waals surface area contributed by atoms with Crippen molar-refractivity contribution in [2.24, 2.45) is 0 Å². The smallest absolute Gasteiger partial charge is 0.147 e. The summed E-state index contributed by atoms with van der Waals surface area (Å²) in [6.07, 6.45) is 4.20. The lowest BCUT2D eigenvalue weighted by atomic mass is 10.1. The van der Waals surface area contributed by atoms with E-state index in [1.807, 2.05) is 6.07 Å². The van der Waals surface area contributed by atoms with Crippen LogP contribution in [0.5, 0.6) is 0 Å². The molecule has 0 amide bonds. The van der Waals surface area contributed by atoms with Gasteiger partial charge in [0.1, 0.15) is 11.0 Å². The minimum atomic E-state index is 0.542. The Bertz CT molecular complexity index is 582. The van der Waals surface area contributed by atoms with Gasteiger partial charge in [-0.3, -0.25) is 0 Å². The van der Waals surface area contributed by atoms with E-state index in [9.17, 15) is 0 Å². The third kappa shape index (κ3) is 3.15. The van der Waals surface area contributed by atoms with E-state index in [1.165, 1.54) is 18.4 Å². The van der Waals surface area contributed by atoms with E-state index in [-0.39, 0.29) is 0 Å². The summed E-state index contributed by atoms with van der Waals surface area (Å²) in [4.78, 5) is 9.03. The van der Waals surface area contributed by atoms with Gasteiger partial charge in [-0.25, -0.2) is 9.97 Å². The highest BCUT2D eigenvalue weighted by Gasteiger charge is 2.29. The summed E-state index contributed by atoms with van der Waals surface area (Å²) in [5.74, 6) is 1.42. The Labute approximate surface area is 126 Å². The molecule has 1 aromatic heterocycles. The molecule has 1 aliphatic carbocycles. The Morgan fingerprint density at radius 2 is 1.84 bits per heavy atom. The second kappa shape index (κ2) is 5.59. The second-order valence-corrected chi connectivity index (χ2v) is 6.04. The van der Waals surface area contributed by atoms with Gasteiger partial charge in [-0.15, -0.1) is 0 Å². The lowest BCUT2D eigenvalue weighted by Gasteiger charge is -2.07. The van der Waals surface area contributed by atoms with Gasteiger partial charge in [0.2, 0.25) is 0 Å². The minimum Gasteiger partial charge on any atom is -0.236 e. The molecule has 0 bridgehead atoms. The first-order valence-electron chi connectivity index (χ1n) is 6.50. The average Bonchev–Trinajstić information content (AvgIpc) is 3.25. The predicted molar refractivity (Wildman–Crippen MR) is 80.6 cm³/mol. The maximum absolute atomic E-state index is 6.17. The fourth-order valence-corrected chi connectivity index (χ4v) is 2.82. The molecule has 0 spiro atoms. The fraction of sp³-hybridized carbons (Fsp3) is 0.333. The predicted octanol–water partition coefficient (Wildman–Crippen LogP) is 4.56. The Morgan fingerprint density at radius 1 is 1.11 bits per heavy atom. The van der Waals surface area contributed by atoms with Gasteiger partial charge in [-0.05, 0) is 40.8 Å². The lowest BCUT2D eigenvalue weighted by molar-refractivity contribution is 0.824. The Kier molecular flexibility index (Phi) is 3.85. The zero-order valence-electron chi connectivity index (χ0n) is 10.4. The van der Waals surface area contributed by atoms with Crippen molar-refractivity contribution in [1.82, 2.24) is 9.97 Å². The van der Waals surface area contributed by atoms with Crippen LogP contribution in [0.2, 0.25) is 5.15 Å². The summed E-state index contributed by atoms with van der Waals surface area (Å²) in [7, 11) is 0. The van der Waals surface area contributed by atoms with Crippen molar-refractivity contribution in [2.45, 2.75) is 31.6 Å². The van der Waals surface area contributed by atoms with Gasteiger partial charge in [0.15, 0.2) is 0 Å². The molecule has 1 aromatic carbocycles. The van der Waals surface area contributed by atoms with E-state index in [4.69, 9.17) is 11.6 Å². The fourth-order valence-electron chi connectivity index (χ4n) is 2.12. The first kappa shape index (κ1) is 13.1. The van der Waals surface area contributed by atoms with Crippen molar-refractivity contribution in [2.75, 3.05) is 0 Å². The molecule has 0 atom stereocenters. The van der Waals surface area contributed by atoms with Crippen LogP contribution in [-0.4, -0.2) is 9.97 Å². The van der Waals surface area contributed by atoms with E-state index >= 15 is 0 Å². The monoisotopic (exact) mass is 336 g/mol. The zero-order chi connectivity index (χ0) is 13.2. The van der Waals surface area contributed by atoms with Gasteiger partial charge in [0.05, 0.1) is 10.2 Å². The van der Waals surface area contributed by atoms with Crippen molar-refractivity contribution in [3.05, 3.63) is 57.0 Å². The normalized spacial score (nSPS) is 14.6. The summed E-state index contributed by atoms with van der Waals surface area (Å²) < 4.78 is 0.875. The van der Waals surface area contributed by atoms with Crippen molar-refractivity contribution < 1.29 is 0 Å². The average molecular weight is 338 g/mol.